The number of nitrogens with one attached hydrogen (secondary N) is 1. The van der Waals surface area contributed by atoms with Crippen LogP contribution in [0.5, 0.6) is 5.75 Å². The lowest BCUT2D eigenvalue weighted by Crippen LogP contribution is -2.51. The maximum atomic E-state index is 14.1. The molecule has 3 aromatic rings. The fraction of sp³-hybridized carbons (Fsp3) is 0.391. The summed E-state index contributed by atoms with van der Waals surface area (Å²) in [6, 6.07) is 12.5. The number of para-hydroxylation sites is 1. The summed E-state index contributed by atoms with van der Waals surface area (Å²) < 4.78 is 61.6. The summed E-state index contributed by atoms with van der Waals surface area (Å²) in [5.74, 6) is -0.285. The van der Waals surface area contributed by atoms with E-state index < -0.39 is 35.9 Å². The van der Waals surface area contributed by atoms with Crippen molar-refractivity contribution in [3.8, 4) is 5.75 Å². The van der Waals surface area contributed by atoms with Gasteiger partial charge in [0.2, 0.25) is 0 Å². The highest BCUT2D eigenvalue weighted by molar-refractivity contribution is 5.80. The second-order valence-corrected chi connectivity index (χ2v) is 8.02. The van der Waals surface area contributed by atoms with Crippen LogP contribution in [0, 0.1) is 5.82 Å². The van der Waals surface area contributed by atoms with Crippen molar-refractivity contribution in [3.63, 3.8) is 0 Å². The number of aliphatic hydroxyl groups is 1. The average molecular weight is 423 g/mol. The Morgan fingerprint density at radius 2 is 1.77 bits per heavy atom. The number of methoxy groups -OCH3 is 1. The second kappa shape index (κ2) is 7.95. The molecule has 1 aromatic heterocycles. The van der Waals surface area contributed by atoms with Crippen molar-refractivity contribution in [3.05, 3.63) is 65.6 Å². The van der Waals surface area contributed by atoms with Gasteiger partial charge in [0, 0.05) is 23.2 Å². The van der Waals surface area contributed by atoms with Gasteiger partial charge in [-0.25, -0.2) is 4.39 Å². The molecular formula is C23H25F4NO2. The Hall–Kier alpha value is -2.54. The summed E-state index contributed by atoms with van der Waals surface area (Å²) in [7, 11) is 1.38. The molecule has 0 saturated carbocycles. The van der Waals surface area contributed by atoms with Gasteiger partial charge >= 0.3 is 6.18 Å². The minimum atomic E-state index is -4.89. The number of alkyl halides is 3. The van der Waals surface area contributed by atoms with Crippen LogP contribution in [0.4, 0.5) is 17.6 Å². The topological polar surface area (TPSA) is 45.2 Å². The van der Waals surface area contributed by atoms with Crippen LogP contribution in [0.2, 0.25) is 0 Å². The van der Waals surface area contributed by atoms with Crippen LogP contribution in [0.3, 0.4) is 0 Å². The predicted molar refractivity (Wildman–Crippen MR) is 108 cm³/mol. The summed E-state index contributed by atoms with van der Waals surface area (Å²) in [5, 5.41) is 11.7. The summed E-state index contributed by atoms with van der Waals surface area (Å²) >= 11 is 0. The second-order valence-electron chi connectivity index (χ2n) is 8.02. The molecule has 0 bridgehead atoms. The molecule has 3 nitrogen and oxygen atoms in total. The number of H-pyrrole nitrogens is 1. The van der Waals surface area contributed by atoms with Crippen molar-refractivity contribution in [1.29, 1.82) is 0 Å². The fourth-order valence-electron chi connectivity index (χ4n) is 4.01. The van der Waals surface area contributed by atoms with Crippen LogP contribution in [0.25, 0.3) is 10.9 Å². The number of halogens is 4. The Bertz CT molecular complexity index is 996. The summed E-state index contributed by atoms with van der Waals surface area (Å²) in [5.41, 5.74) is -2.92. The zero-order valence-corrected chi connectivity index (χ0v) is 17.1. The van der Waals surface area contributed by atoms with Crippen molar-refractivity contribution in [1.82, 2.24) is 4.98 Å². The third-order valence-corrected chi connectivity index (χ3v) is 5.87. The molecule has 162 valence electrons. The SMILES string of the molecule is CCC(C)(CC(O)(Cc1cc2ccccc2[nH]1)C(F)(F)F)c1cc(F)ccc1OC. The van der Waals surface area contributed by atoms with Gasteiger partial charge in [0.1, 0.15) is 11.6 Å². The summed E-state index contributed by atoms with van der Waals surface area (Å²) in [6.45, 7) is 3.30. The molecule has 0 aliphatic rings. The number of aromatic nitrogens is 1. The lowest BCUT2D eigenvalue weighted by atomic mass is 9.70. The molecule has 0 saturated heterocycles. The van der Waals surface area contributed by atoms with E-state index in [1.165, 1.54) is 25.3 Å². The van der Waals surface area contributed by atoms with Gasteiger partial charge in [0.15, 0.2) is 5.60 Å². The molecule has 2 N–H and O–H groups in total. The third kappa shape index (κ3) is 4.17. The molecule has 30 heavy (non-hydrogen) atoms. The lowest BCUT2D eigenvalue weighted by Gasteiger charge is -2.40. The third-order valence-electron chi connectivity index (χ3n) is 5.87. The summed E-state index contributed by atoms with van der Waals surface area (Å²) in [6.07, 6.45) is -5.92. The highest BCUT2D eigenvalue weighted by Gasteiger charge is 2.56. The van der Waals surface area contributed by atoms with Crippen LogP contribution in [-0.2, 0) is 11.8 Å². The monoisotopic (exact) mass is 423 g/mol. The Morgan fingerprint density at radius 3 is 2.37 bits per heavy atom. The van der Waals surface area contributed by atoms with Crippen molar-refractivity contribution in [2.45, 2.75) is 50.3 Å². The maximum Gasteiger partial charge on any atom is 0.417 e. The van der Waals surface area contributed by atoms with Crippen LogP contribution < -0.4 is 4.74 Å². The molecule has 0 aliphatic carbocycles. The van der Waals surface area contributed by atoms with Gasteiger partial charge in [0.25, 0.3) is 0 Å². The van der Waals surface area contributed by atoms with E-state index in [4.69, 9.17) is 4.74 Å². The number of rotatable bonds is 7. The highest BCUT2D eigenvalue weighted by atomic mass is 19.4. The Balaban J connectivity index is 2.03. The largest absolute Gasteiger partial charge is 0.496 e. The minimum Gasteiger partial charge on any atom is -0.496 e. The zero-order chi connectivity index (χ0) is 22.2. The van der Waals surface area contributed by atoms with Gasteiger partial charge < -0.3 is 14.8 Å². The Kier molecular flexibility index (Phi) is 5.87. The highest BCUT2D eigenvalue weighted by Crippen LogP contribution is 2.46. The van der Waals surface area contributed by atoms with Crippen LogP contribution in [-0.4, -0.2) is 29.0 Å². The number of hydrogen-bond acceptors (Lipinski definition) is 2. The first kappa shape index (κ1) is 22.2. The maximum absolute atomic E-state index is 14.1. The first-order valence-electron chi connectivity index (χ1n) is 9.71. The lowest BCUT2D eigenvalue weighted by molar-refractivity contribution is -0.267. The van der Waals surface area contributed by atoms with E-state index in [9.17, 15) is 22.7 Å². The molecule has 3 rings (SSSR count). The molecule has 1 heterocycles. The van der Waals surface area contributed by atoms with Crippen LogP contribution >= 0.6 is 0 Å². The predicted octanol–water partition coefficient (Wildman–Crippen LogP) is 5.91. The van der Waals surface area contributed by atoms with E-state index in [1.807, 2.05) is 0 Å². The summed E-state index contributed by atoms with van der Waals surface area (Å²) in [4.78, 5) is 2.95. The molecule has 0 amide bonds. The van der Waals surface area contributed by atoms with Gasteiger partial charge in [-0.15, -0.1) is 0 Å². The molecule has 7 heteroatoms. The molecule has 0 spiro atoms. The van der Waals surface area contributed by atoms with E-state index in [1.54, 1.807) is 44.2 Å². The van der Waals surface area contributed by atoms with Gasteiger partial charge in [-0.1, -0.05) is 32.0 Å². The van der Waals surface area contributed by atoms with Crippen LogP contribution in [0.1, 0.15) is 37.9 Å². The quantitative estimate of drug-likeness (QED) is 0.464. The first-order valence-corrected chi connectivity index (χ1v) is 9.71. The van der Waals surface area contributed by atoms with Crippen molar-refractivity contribution < 1.29 is 27.4 Å². The van der Waals surface area contributed by atoms with Crippen molar-refractivity contribution in [2.75, 3.05) is 7.11 Å². The molecule has 2 aromatic carbocycles. The van der Waals surface area contributed by atoms with Gasteiger partial charge in [-0.05, 0) is 54.0 Å². The number of hydrogen-bond donors (Lipinski definition) is 2. The van der Waals surface area contributed by atoms with Gasteiger partial charge in [0.05, 0.1) is 7.11 Å². The van der Waals surface area contributed by atoms with E-state index >= 15 is 0 Å². The molecule has 2 atom stereocenters. The number of benzene rings is 2. The number of aromatic amines is 1. The number of fused-ring (bicyclic) bond motifs is 1. The average Bonchev–Trinajstić information content (AvgIpc) is 3.08. The molecule has 2 unspecified atom stereocenters. The van der Waals surface area contributed by atoms with Gasteiger partial charge in [-0.2, -0.15) is 13.2 Å². The standard InChI is InChI=1S/C23H25F4NO2/c1-4-21(2,18-12-16(24)9-10-20(18)30-3)14-22(29,23(25,26)27)13-17-11-15-7-5-6-8-19(15)28-17/h5-12,28-29H,4,13-14H2,1-3H3. The minimum absolute atomic E-state index is 0.248. The van der Waals surface area contributed by atoms with Crippen molar-refractivity contribution in [2.24, 2.45) is 0 Å². The zero-order valence-electron chi connectivity index (χ0n) is 17.1. The van der Waals surface area contributed by atoms with Crippen LogP contribution in [0.15, 0.2) is 48.5 Å². The Labute approximate surface area is 172 Å². The fourth-order valence-corrected chi connectivity index (χ4v) is 4.01. The molecule has 0 radical (unpaired) electrons. The van der Waals surface area contributed by atoms with E-state index in [-0.39, 0.29) is 17.9 Å². The molecular weight excluding hydrogens is 398 g/mol. The van der Waals surface area contributed by atoms with Crippen molar-refractivity contribution >= 4 is 10.9 Å². The normalized spacial score (nSPS) is 16.3. The van der Waals surface area contributed by atoms with E-state index in [0.717, 1.165) is 5.39 Å². The first-order chi connectivity index (χ1) is 14.0. The van der Waals surface area contributed by atoms with Gasteiger partial charge in [-0.3, -0.25) is 0 Å². The molecule has 0 aliphatic heterocycles. The van der Waals surface area contributed by atoms with E-state index in [0.29, 0.717) is 11.1 Å². The van der Waals surface area contributed by atoms with E-state index in [2.05, 4.69) is 4.98 Å². The Morgan fingerprint density at radius 1 is 1.07 bits per heavy atom. The number of ether oxygens (including phenoxy) is 1. The molecule has 0 fully saturated rings. The smallest absolute Gasteiger partial charge is 0.417 e.